The number of carbonyl (C=O) groups excluding carboxylic acids is 1. The first kappa shape index (κ1) is 21.7. The van der Waals surface area contributed by atoms with Crippen LogP contribution in [0.15, 0.2) is 29.4 Å². The van der Waals surface area contributed by atoms with E-state index in [0.717, 1.165) is 18.4 Å². The summed E-state index contributed by atoms with van der Waals surface area (Å²) in [4.78, 5) is 12.3. The summed E-state index contributed by atoms with van der Waals surface area (Å²) in [5, 5.41) is 13.0. The molecule has 0 saturated heterocycles. The molecule has 0 radical (unpaired) electrons. The molecule has 6 nitrogen and oxygen atoms in total. The molecule has 0 saturated carbocycles. The lowest BCUT2D eigenvalue weighted by molar-refractivity contribution is -0.120. The lowest BCUT2D eigenvalue weighted by Gasteiger charge is -2.24. The van der Waals surface area contributed by atoms with Crippen molar-refractivity contribution in [3.8, 4) is 11.4 Å². The zero-order chi connectivity index (χ0) is 19.9. The van der Waals surface area contributed by atoms with Crippen LogP contribution in [0.25, 0.3) is 11.4 Å². The first-order valence-corrected chi connectivity index (χ1v) is 10.3. The van der Waals surface area contributed by atoms with Gasteiger partial charge in [-0.2, -0.15) is 0 Å². The highest BCUT2D eigenvalue weighted by Crippen LogP contribution is 2.29. The van der Waals surface area contributed by atoms with Gasteiger partial charge < -0.3 is 14.6 Å². The molecule has 0 unspecified atom stereocenters. The zero-order valence-corrected chi connectivity index (χ0v) is 17.9. The van der Waals surface area contributed by atoms with Gasteiger partial charge in [-0.15, -0.1) is 10.2 Å². The predicted molar refractivity (Wildman–Crippen MR) is 110 cm³/mol. The lowest BCUT2D eigenvalue weighted by atomic mass is 10.0. The molecule has 0 aliphatic carbocycles. The van der Waals surface area contributed by atoms with E-state index in [1.54, 1.807) is 7.11 Å². The Morgan fingerprint density at radius 2 is 2.07 bits per heavy atom. The Bertz CT molecular complexity index is 764. The highest BCUT2D eigenvalue weighted by Gasteiger charge is 2.20. The smallest absolute Gasteiger partial charge is 0.230 e. The van der Waals surface area contributed by atoms with Crippen LogP contribution >= 0.6 is 23.4 Å². The van der Waals surface area contributed by atoms with E-state index in [9.17, 15) is 4.79 Å². The quantitative estimate of drug-likeness (QED) is 0.473. The number of halogens is 1. The third-order valence-corrected chi connectivity index (χ3v) is 5.55. The van der Waals surface area contributed by atoms with Gasteiger partial charge in [-0.1, -0.05) is 42.4 Å². The van der Waals surface area contributed by atoms with Gasteiger partial charge >= 0.3 is 0 Å². The minimum absolute atomic E-state index is 0.0161. The van der Waals surface area contributed by atoms with Gasteiger partial charge in [0.2, 0.25) is 5.91 Å². The number of ether oxygens (including phenoxy) is 1. The SMILES string of the molecule is CCC(C)(C)NC(=O)CSc1nnc(-c2ccccc2Cl)n1CCCOC. The normalized spacial score (nSPS) is 11.6. The van der Waals surface area contributed by atoms with Crippen molar-refractivity contribution >= 4 is 29.3 Å². The lowest BCUT2D eigenvalue weighted by Crippen LogP contribution is -2.43. The molecule has 148 valence electrons. The summed E-state index contributed by atoms with van der Waals surface area (Å²) in [6, 6.07) is 7.55. The molecule has 0 aliphatic heterocycles. The van der Waals surface area contributed by atoms with E-state index in [1.807, 2.05) is 42.7 Å². The number of nitrogens with one attached hydrogen (secondary N) is 1. The number of methoxy groups -OCH3 is 1. The first-order valence-electron chi connectivity index (χ1n) is 8.99. The molecule has 0 fully saturated rings. The molecule has 27 heavy (non-hydrogen) atoms. The van der Waals surface area contributed by atoms with E-state index in [2.05, 4.69) is 22.4 Å². The van der Waals surface area contributed by atoms with Crippen molar-refractivity contribution < 1.29 is 9.53 Å². The Kier molecular flexibility index (Phi) is 8.13. The van der Waals surface area contributed by atoms with Crippen molar-refractivity contribution in [2.45, 2.75) is 50.9 Å². The Morgan fingerprint density at radius 3 is 2.74 bits per heavy atom. The second kappa shape index (κ2) is 10.1. The van der Waals surface area contributed by atoms with E-state index in [-0.39, 0.29) is 17.2 Å². The van der Waals surface area contributed by atoms with E-state index in [0.29, 0.717) is 29.2 Å². The number of carbonyl (C=O) groups is 1. The summed E-state index contributed by atoms with van der Waals surface area (Å²) in [6.45, 7) is 7.40. The summed E-state index contributed by atoms with van der Waals surface area (Å²) in [6.07, 6.45) is 1.68. The average molecular weight is 411 g/mol. The van der Waals surface area contributed by atoms with Crippen molar-refractivity contribution in [2.75, 3.05) is 19.5 Å². The van der Waals surface area contributed by atoms with E-state index in [4.69, 9.17) is 16.3 Å². The van der Waals surface area contributed by atoms with Gasteiger partial charge in [-0.25, -0.2) is 0 Å². The molecule has 0 bridgehead atoms. The van der Waals surface area contributed by atoms with Crippen LogP contribution in [0.2, 0.25) is 5.02 Å². The maximum Gasteiger partial charge on any atom is 0.230 e. The summed E-state index contributed by atoms with van der Waals surface area (Å²) in [7, 11) is 1.68. The third kappa shape index (κ3) is 6.23. The second-order valence-corrected chi connectivity index (χ2v) is 8.21. The molecular formula is C19H27ClN4O2S. The predicted octanol–water partition coefficient (Wildman–Crippen LogP) is 4.03. The number of hydrogen-bond acceptors (Lipinski definition) is 5. The van der Waals surface area contributed by atoms with Gasteiger partial charge in [0.1, 0.15) is 0 Å². The Balaban J connectivity index is 2.18. The van der Waals surface area contributed by atoms with Gasteiger partial charge in [0, 0.05) is 31.4 Å². The summed E-state index contributed by atoms with van der Waals surface area (Å²) in [5.41, 5.74) is 0.611. The molecule has 1 aromatic heterocycles. The van der Waals surface area contributed by atoms with Crippen LogP contribution in [0.4, 0.5) is 0 Å². The van der Waals surface area contributed by atoms with Crippen molar-refractivity contribution in [1.29, 1.82) is 0 Å². The molecule has 1 aromatic carbocycles. The second-order valence-electron chi connectivity index (χ2n) is 6.86. The molecule has 2 rings (SSSR count). The van der Waals surface area contributed by atoms with Gasteiger partial charge in [-0.05, 0) is 38.8 Å². The minimum Gasteiger partial charge on any atom is -0.385 e. The van der Waals surface area contributed by atoms with E-state index < -0.39 is 0 Å². The Hall–Kier alpha value is -1.57. The Morgan fingerprint density at radius 1 is 1.33 bits per heavy atom. The molecule has 1 heterocycles. The topological polar surface area (TPSA) is 69.0 Å². The van der Waals surface area contributed by atoms with Crippen LogP contribution in [0.1, 0.15) is 33.6 Å². The fraction of sp³-hybridized carbons (Fsp3) is 0.526. The molecular weight excluding hydrogens is 384 g/mol. The van der Waals surface area contributed by atoms with Crippen LogP contribution in [0.3, 0.4) is 0 Å². The third-order valence-electron chi connectivity index (χ3n) is 4.26. The number of thioether (sulfide) groups is 1. The number of aromatic nitrogens is 3. The Labute approximate surface area is 170 Å². The van der Waals surface area contributed by atoms with Crippen molar-refractivity contribution in [3.05, 3.63) is 29.3 Å². The number of hydrogen-bond donors (Lipinski definition) is 1. The summed E-state index contributed by atoms with van der Waals surface area (Å²) >= 11 is 7.72. The van der Waals surface area contributed by atoms with Crippen molar-refractivity contribution in [1.82, 2.24) is 20.1 Å². The van der Waals surface area contributed by atoms with Gasteiger partial charge in [-0.3, -0.25) is 4.79 Å². The highest BCUT2D eigenvalue weighted by molar-refractivity contribution is 7.99. The fourth-order valence-electron chi connectivity index (χ4n) is 2.44. The van der Waals surface area contributed by atoms with Crippen molar-refractivity contribution in [3.63, 3.8) is 0 Å². The molecule has 8 heteroatoms. The molecule has 2 aromatic rings. The van der Waals surface area contributed by atoms with E-state index >= 15 is 0 Å². The number of amides is 1. The van der Waals surface area contributed by atoms with Crippen LogP contribution in [-0.4, -0.2) is 45.7 Å². The molecule has 1 N–H and O–H groups in total. The largest absolute Gasteiger partial charge is 0.385 e. The van der Waals surface area contributed by atoms with Crippen LogP contribution in [-0.2, 0) is 16.1 Å². The molecule has 0 spiro atoms. The molecule has 0 atom stereocenters. The number of nitrogens with zero attached hydrogens (tertiary/aromatic N) is 3. The fourth-order valence-corrected chi connectivity index (χ4v) is 3.42. The molecule has 0 aliphatic rings. The maximum atomic E-state index is 12.3. The van der Waals surface area contributed by atoms with E-state index in [1.165, 1.54) is 11.8 Å². The molecule has 1 amide bonds. The van der Waals surface area contributed by atoms with Gasteiger partial charge in [0.25, 0.3) is 0 Å². The number of rotatable bonds is 10. The number of benzene rings is 1. The summed E-state index contributed by atoms with van der Waals surface area (Å²) < 4.78 is 7.17. The average Bonchev–Trinajstić information content (AvgIpc) is 3.03. The monoisotopic (exact) mass is 410 g/mol. The van der Waals surface area contributed by atoms with Gasteiger partial charge in [0.15, 0.2) is 11.0 Å². The van der Waals surface area contributed by atoms with Crippen LogP contribution in [0, 0.1) is 0 Å². The first-order chi connectivity index (χ1) is 12.9. The highest BCUT2D eigenvalue weighted by atomic mass is 35.5. The van der Waals surface area contributed by atoms with Gasteiger partial charge in [0.05, 0.1) is 10.8 Å². The maximum absolute atomic E-state index is 12.3. The van der Waals surface area contributed by atoms with Crippen LogP contribution in [0.5, 0.6) is 0 Å². The minimum atomic E-state index is -0.216. The van der Waals surface area contributed by atoms with Crippen molar-refractivity contribution in [2.24, 2.45) is 0 Å². The standard InChI is InChI=1S/C19H27ClN4O2S/c1-5-19(2,3)21-16(25)13-27-18-23-22-17(24(18)11-8-12-26-4)14-9-6-7-10-15(14)20/h6-7,9-10H,5,8,11-13H2,1-4H3,(H,21,25). The summed E-state index contributed by atoms with van der Waals surface area (Å²) in [5.74, 6) is 0.972. The zero-order valence-electron chi connectivity index (χ0n) is 16.3. The van der Waals surface area contributed by atoms with Crippen LogP contribution < -0.4 is 5.32 Å².